The third-order valence-corrected chi connectivity index (χ3v) is 2.87. The molecule has 88 valence electrons. The quantitative estimate of drug-likeness (QED) is 0.740. The van der Waals surface area contributed by atoms with E-state index in [-0.39, 0.29) is 0 Å². The van der Waals surface area contributed by atoms with Gasteiger partial charge in [0.15, 0.2) is 5.82 Å². The predicted octanol–water partition coefficient (Wildman–Crippen LogP) is 2.20. The van der Waals surface area contributed by atoms with Crippen LogP contribution in [0.25, 0.3) is 10.8 Å². The van der Waals surface area contributed by atoms with Gasteiger partial charge in [0.2, 0.25) is 0 Å². The van der Waals surface area contributed by atoms with Gasteiger partial charge in [-0.2, -0.15) is 5.10 Å². The summed E-state index contributed by atoms with van der Waals surface area (Å²) in [4.78, 5) is 4.30. The zero-order valence-corrected chi connectivity index (χ0v) is 9.74. The molecule has 2 heterocycles. The van der Waals surface area contributed by atoms with Crippen LogP contribution in [-0.4, -0.2) is 15.2 Å². The molecule has 0 saturated carbocycles. The van der Waals surface area contributed by atoms with Crippen LogP contribution in [-0.2, 0) is 6.42 Å². The van der Waals surface area contributed by atoms with Gasteiger partial charge in [0.1, 0.15) is 0 Å². The van der Waals surface area contributed by atoms with Crippen molar-refractivity contribution in [1.29, 1.82) is 0 Å². The Morgan fingerprint density at radius 3 is 2.44 bits per heavy atom. The van der Waals surface area contributed by atoms with E-state index >= 15 is 0 Å². The molecule has 4 heteroatoms. The molecular weight excluding hydrogens is 224 g/mol. The highest BCUT2D eigenvalue weighted by atomic mass is 15.1. The lowest BCUT2D eigenvalue weighted by atomic mass is 10.1. The van der Waals surface area contributed by atoms with Crippen molar-refractivity contribution < 1.29 is 0 Å². The predicted molar refractivity (Wildman–Crippen MR) is 71.0 cm³/mol. The van der Waals surface area contributed by atoms with E-state index in [4.69, 9.17) is 5.73 Å². The van der Waals surface area contributed by atoms with Gasteiger partial charge in [0, 0.05) is 29.1 Å². The van der Waals surface area contributed by atoms with Crippen LogP contribution in [0.5, 0.6) is 0 Å². The Hall–Kier alpha value is -2.49. The van der Waals surface area contributed by atoms with Crippen LogP contribution in [0.4, 0.5) is 5.82 Å². The van der Waals surface area contributed by atoms with E-state index in [1.165, 1.54) is 0 Å². The number of nitrogens with zero attached hydrogens (tertiary/aromatic N) is 3. The van der Waals surface area contributed by atoms with Crippen molar-refractivity contribution >= 4 is 16.6 Å². The molecule has 0 atom stereocenters. The summed E-state index contributed by atoms with van der Waals surface area (Å²) < 4.78 is 0. The second-order valence-electron chi connectivity index (χ2n) is 4.08. The molecule has 0 aliphatic rings. The molecule has 0 aliphatic heterocycles. The first-order valence-electron chi connectivity index (χ1n) is 5.74. The Kier molecular flexibility index (Phi) is 2.61. The van der Waals surface area contributed by atoms with Gasteiger partial charge in [-0.25, -0.2) is 0 Å². The molecule has 2 aromatic heterocycles. The fraction of sp³-hybridized carbons (Fsp3) is 0.0714. The Balaban J connectivity index is 2.10. The topological polar surface area (TPSA) is 64.7 Å². The molecule has 3 rings (SSSR count). The smallest absolute Gasteiger partial charge is 0.153 e. The van der Waals surface area contributed by atoms with E-state index < -0.39 is 0 Å². The third kappa shape index (κ3) is 1.88. The fourth-order valence-corrected chi connectivity index (χ4v) is 1.98. The maximum atomic E-state index is 5.83. The highest BCUT2D eigenvalue weighted by molar-refractivity contribution is 5.92. The van der Waals surface area contributed by atoms with Crippen LogP contribution in [0.1, 0.15) is 11.4 Å². The minimum atomic E-state index is 0.468. The van der Waals surface area contributed by atoms with Gasteiger partial charge < -0.3 is 5.73 Å². The lowest BCUT2D eigenvalue weighted by Crippen LogP contribution is -2.01. The lowest BCUT2D eigenvalue weighted by Gasteiger charge is -2.06. The zero-order valence-electron chi connectivity index (χ0n) is 9.74. The number of fused-ring (bicyclic) bond motifs is 1. The van der Waals surface area contributed by atoms with Crippen molar-refractivity contribution in [3.63, 3.8) is 0 Å². The number of aromatic nitrogens is 3. The van der Waals surface area contributed by atoms with E-state index in [0.29, 0.717) is 12.2 Å². The van der Waals surface area contributed by atoms with Gasteiger partial charge >= 0.3 is 0 Å². The molecule has 0 saturated heterocycles. The summed E-state index contributed by atoms with van der Waals surface area (Å²) in [5, 5.41) is 10.2. The SMILES string of the molecule is Nc1nnc(Cc2ccccn2)c2ccccc12. The molecule has 0 unspecified atom stereocenters. The van der Waals surface area contributed by atoms with Gasteiger partial charge in [0.05, 0.1) is 5.69 Å². The maximum Gasteiger partial charge on any atom is 0.153 e. The van der Waals surface area contributed by atoms with Gasteiger partial charge in [-0.3, -0.25) is 4.98 Å². The summed E-state index contributed by atoms with van der Waals surface area (Å²) in [5.74, 6) is 0.468. The van der Waals surface area contributed by atoms with E-state index in [2.05, 4.69) is 15.2 Å². The Bertz CT molecular complexity index is 680. The average molecular weight is 236 g/mol. The number of nitrogen functional groups attached to an aromatic ring is 1. The van der Waals surface area contributed by atoms with Crippen molar-refractivity contribution in [2.75, 3.05) is 5.73 Å². The summed E-state index contributed by atoms with van der Waals surface area (Å²) in [6.45, 7) is 0. The minimum absolute atomic E-state index is 0.468. The van der Waals surface area contributed by atoms with Crippen molar-refractivity contribution in [1.82, 2.24) is 15.2 Å². The highest BCUT2D eigenvalue weighted by Gasteiger charge is 2.07. The summed E-state index contributed by atoms with van der Waals surface area (Å²) in [6.07, 6.45) is 2.44. The van der Waals surface area contributed by atoms with E-state index in [1.807, 2.05) is 42.5 Å². The minimum Gasteiger partial charge on any atom is -0.382 e. The summed E-state index contributed by atoms with van der Waals surface area (Å²) in [6, 6.07) is 13.7. The maximum absolute atomic E-state index is 5.83. The molecule has 0 amide bonds. The van der Waals surface area contributed by atoms with Gasteiger partial charge in [-0.15, -0.1) is 5.10 Å². The standard InChI is InChI=1S/C14H12N4/c15-14-12-7-2-1-6-11(12)13(17-18-14)9-10-5-3-4-8-16-10/h1-8H,9H2,(H2,15,18). The molecule has 18 heavy (non-hydrogen) atoms. The molecule has 1 aromatic carbocycles. The van der Waals surface area contributed by atoms with Crippen LogP contribution in [0.15, 0.2) is 48.7 Å². The van der Waals surface area contributed by atoms with E-state index in [9.17, 15) is 0 Å². The molecule has 4 nitrogen and oxygen atoms in total. The van der Waals surface area contributed by atoms with Crippen LogP contribution in [0, 0.1) is 0 Å². The zero-order chi connectivity index (χ0) is 12.4. The second kappa shape index (κ2) is 4.41. The van der Waals surface area contributed by atoms with Crippen LogP contribution in [0.2, 0.25) is 0 Å². The van der Waals surface area contributed by atoms with Crippen molar-refractivity contribution in [3.8, 4) is 0 Å². The largest absolute Gasteiger partial charge is 0.382 e. The number of anilines is 1. The fourth-order valence-electron chi connectivity index (χ4n) is 1.98. The third-order valence-electron chi connectivity index (χ3n) is 2.87. The van der Waals surface area contributed by atoms with Gasteiger partial charge in [0.25, 0.3) is 0 Å². The molecule has 0 spiro atoms. The van der Waals surface area contributed by atoms with Crippen LogP contribution in [0.3, 0.4) is 0 Å². The monoisotopic (exact) mass is 236 g/mol. The average Bonchev–Trinajstić information content (AvgIpc) is 2.44. The number of pyridine rings is 1. The number of rotatable bonds is 2. The van der Waals surface area contributed by atoms with Crippen LogP contribution >= 0.6 is 0 Å². The number of hydrogen-bond donors (Lipinski definition) is 1. The molecule has 0 radical (unpaired) electrons. The van der Waals surface area contributed by atoms with E-state index in [0.717, 1.165) is 22.2 Å². The van der Waals surface area contributed by atoms with Gasteiger partial charge in [-0.1, -0.05) is 30.3 Å². The second-order valence-corrected chi connectivity index (χ2v) is 4.08. The highest BCUT2D eigenvalue weighted by Crippen LogP contribution is 2.21. The summed E-state index contributed by atoms with van der Waals surface area (Å²) in [7, 11) is 0. The Morgan fingerprint density at radius 2 is 1.67 bits per heavy atom. The molecule has 0 bridgehead atoms. The Labute approximate surface area is 105 Å². The molecule has 2 N–H and O–H groups in total. The molecule has 0 aliphatic carbocycles. The first-order valence-corrected chi connectivity index (χ1v) is 5.74. The molecular formula is C14H12N4. The first-order chi connectivity index (χ1) is 8.84. The number of nitrogens with two attached hydrogens (primary N) is 1. The van der Waals surface area contributed by atoms with E-state index in [1.54, 1.807) is 6.20 Å². The summed E-state index contributed by atoms with van der Waals surface area (Å²) >= 11 is 0. The first kappa shape index (κ1) is 10.7. The van der Waals surface area contributed by atoms with Gasteiger partial charge in [-0.05, 0) is 12.1 Å². The summed E-state index contributed by atoms with van der Waals surface area (Å²) in [5.41, 5.74) is 7.70. The lowest BCUT2D eigenvalue weighted by molar-refractivity contribution is 0.942. The van der Waals surface area contributed by atoms with Crippen molar-refractivity contribution in [2.45, 2.75) is 6.42 Å². The molecule has 3 aromatic rings. The van der Waals surface area contributed by atoms with Crippen LogP contribution < -0.4 is 5.73 Å². The van der Waals surface area contributed by atoms with Crippen molar-refractivity contribution in [2.24, 2.45) is 0 Å². The number of hydrogen-bond acceptors (Lipinski definition) is 4. The number of benzene rings is 1. The Morgan fingerprint density at radius 1 is 0.889 bits per heavy atom. The molecule has 0 fully saturated rings. The van der Waals surface area contributed by atoms with Crippen molar-refractivity contribution in [3.05, 3.63) is 60.0 Å². The normalized spacial score (nSPS) is 10.7.